The molecule has 86 valence electrons. The van der Waals surface area contributed by atoms with E-state index in [4.69, 9.17) is 17.3 Å². The van der Waals surface area contributed by atoms with Gasteiger partial charge in [0, 0.05) is 10.6 Å². The number of rotatable bonds is 4. The maximum absolute atomic E-state index is 6.09. The molecule has 1 saturated carbocycles. The lowest BCUT2D eigenvalue weighted by Gasteiger charge is -2.10. The van der Waals surface area contributed by atoms with Crippen LogP contribution in [0.5, 0.6) is 0 Å². The molecule has 1 nitrogen and oxygen atoms in total. The minimum atomic E-state index is 0.117. The van der Waals surface area contributed by atoms with E-state index < -0.39 is 0 Å². The van der Waals surface area contributed by atoms with Crippen molar-refractivity contribution in [3.05, 3.63) is 40.9 Å². The molecule has 2 heteroatoms. The highest BCUT2D eigenvalue weighted by Gasteiger charge is 2.37. The van der Waals surface area contributed by atoms with Crippen molar-refractivity contribution in [2.24, 2.45) is 5.73 Å². The third-order valence-corrected chi connectivity index (χ3v) is 3.47. The summed E-state index contributed by atoms with van der Waals surface area (Å²) in [6, 6.07) is 6.16. The van der Waals surface area contributed by atoms with Gasteiger partial charge in [-0.05, 0) is 55.9 Å². The average Bonchev–Trinajstić information content (AvgIpc) is 2.94. The first kappa shape index (κ1) is 11.7. The Bertz CT molecular complexity index is 419. The average molecular weight is 236 g/mol. The smallest absolute Gasteiger partial charge is 0.0414 e. The third-order valence-electron chi connectivity index (χ3n) is 3.25. The van der Waals surface area contributed by atoms with E-state index in [1.807, 2.05) is 19.1 Å². The van der Waals surface area contributed by atoms with Crippen molar-refractivity contribution in [3.8, 4) is 0 Å². The Balaban J connectivity index is 2.10. The largest absolute Gasteiger partial charge is 0.325 e. The molecule has 0 aromatic heterocycles. The number of benzene rings is 1. The van der Waals surface area contributed by atoms with Crippen molar-refractivity contribution in [1.82, 2.24) is 0 Å². The number of halogens is 1. The predicted octanol–water partition coefficient (Wildman–Crippen LogP) is 3.80. The second-order valence-electron chi connectivity index (χ2n) is 4.99. The van der Waals surface area contributed by atoms with Gasteiger partial charge in [0.15, 0.2) is 0 Å². The molecular weight excluding hydrogens is 218 g/mol. The molecule has 0 radical (unpaired) electrons. The number of hydrogen-bond donors (Lipinski definition) is 1. The molecule has 0 saturated heterocycles. The van der Waals surface area contributed by atoms with Crippen LogP contribution >= 0.6 is 11.6 Å². The van der Waals surface area contributed by atoms with E-state index in [0.717, 1.165) is 29.0 Å². The lowest BCUT2D eigenvalue weighted by molar-refractivity contribution is 0.609. The van der Waals surface area contributed by atoms with Gasteiger partial charge in [-0.1, -0.05) is 29.8 Å². The quantitative estimate of drug-likeness (QED) is 0.844. The maximum atomic E-state index is 6.09. The highest BCUT2D eigenvalue weighted by Crippen LogP contribution is 2.36. The van der Waals surface area contributed by atoms with Crippen LogP contribution in [-0.4, -0.2) is 5.54 Å². The van der Waals surface area contributed by atoms with Crippen LogP contribution in [0.15, 0.2) is 24.8 Å². The fourth-order valence-corrected chi connectivity index (χ4v) is 2.10. The molecule has 2 rings (SSSR count). The monoisotopic (exact) mass is 235 g/mol. The normalized spacial score (nSPS) is 17.2. The van der Waals surface area contributed by atoms with Crippen LogP contribution < -0.4 is 5.73 Å². The van der Waals surface area contributed by atoms with Gasteiger partial charge in [0.25, 0.3) is 0 Å². The van der Waals surface area contributed by atoms with Gasteiger partial charge in [-0.2, -0.15) is 0 Å². The number of hydrogen-bond acceptors (Lipinski definition) is 1. The standard InChI is InChI=1S/C14H18ClN/c1-10(2)12-7-11(8-13(15)9-12)3-4-14(16)5-6-14/h7-9H,1,3-6,16H2,2H3. The van der Waals surface area contributed by atoms with E-state index >= 15 is 0 Å². The van der Waals surface area contributed by atoms with Crippen molar-refractivity contribution >= 4 is 17.2 Å². The number of nitrogens with two attached hydrogens (primary N) is 1. The van der Waals surface area contributed by atoms with E-state index in [9.17, 15) is 0 Å². The molecule has 16 heavy (non-hydrogen) atoms. The van der Waals surface area contributed by atoms with E-state index in [1.54, 1.807) is 0 Å². The molecule has 0 bridgehead atoms. The molecule has 0 amide bonds. The molecule has 0 spiro atoms. The summed E-state index contributed by atoms with van der Waals surface area (Å²) in [4.78, 5) is 0. The minimum Gasteiger partial charge on any atom is -0.325 e. The first-order chi connectivity index (χ1) is 7.48. The summed E-state index contributed by atoms with van der Waals surface area (Å²) >= 11 is 6.09. The van der Waals surface area contributed by atoms with Crippen molar-refractivity contribution < 1.29 is 0 Å². The summed E-state index contributed by atoms with van der Waals surface area (Å²) in [5.41, 5.74) is 9.64. The minimum absolute atomic E-state index is 0.117. The third kappa shape index (κ3) is 2.87. The maximum Gasteiger partial charge on any atom is 0.0414 e. The summed E-state index contributed by atoms with van der Waals surface area (Å²) in [6.45, 7) is 5.95. The Morgan fingerprint density at radius 1 is 1.44 bits per heavy atom. The van der Waals surface area contributed by atoms with Crippen LogP contribution in [0.4, 0.5) is 0 Å². The van der Waals surface area contributed by atoms with Crippen LogP contribution in [0.25, 0.3) is 5.57 Å². The van der Waals surface area contributed by atoms with Crippen molar-refractivity contribution in [1.29, 1.82) is 0 Å². The van der Waals surface area contributed by atoms with E-state index in [-0.39, 0.29) is 5.54 Å². The van der Waals surface area contributed by atoms with Crippen LogP contribution in [0.2, 0.25) is 5.02 Å². The van der Waals surface area contributed by atoms with Gasteiger partial charge in [0.05, 0.1) is 0 Å². The molecule has 0 heterocycles. The fourth-order valence-electron chi connectivity index (χ4n) is 1.84. The molecule has 1 aliphatic carbocycles. The second-order valence-corrected chi connectivity index (χ2v) is 5.43. The van der Waals surface area contributed by atoms with Crippen LogP contribution in [0.3, 0.4) is 0 Å². The van der Waals surface area contributed by atoms with Crippen molar-refractivity contribution in [2.45, 2.75) is 38.1 Å². The fraction of sp³-hybridized carbons (Fsp3) is 0.429. The van der Waals surface area contributed by atoms with Crippen molar-refractivity contribution in [3.63, 3.8) is 0 Å². The Hall–Kier alpha value is -0.790. The lowest BCUT2D eigenvalue weighted by atomic mass is 10.00. The molecule has 0 unspecified atom stereocenters. The van der Waals surface area contributed by atoms with Gasteiger partial charge in [0.2, 0.25) is 0 Å². The Morgan fingerprint density at radius 2 is 2.12 bits per heavy atom. The summed E-state index contributed by atoms with van der Waals surface area (Å²) < 4.78 is 0. The Labute approximate surface area is 102 Å². The molecule has 1 aromatic carbocycles. The molecular formula is C14H18ClN. The number of allylic oxidation sites excluding steroid dienone is 1. The molecule has 1 aliphatic rings. The summed E-state index contributed by atoms with van der Waals surface area (Å²) in [7, 11) is 0. The summed E-state index contributed by atoms with van der Waals surface area (Å²) in [5.74, 6) is 0. The van der Waals surface area contributed by atoms with E-state index in [2.05, 4.69) is 12.6 Å². The van der Waals surface area contributed by atoms with Crippen LogP contribution in [-0.2, 0) is 6.42 Å². The zero-order valence-electron chi connectivity index (χ0n) is 9.72. The lowest BCUT2D eigenvalue weighted by Crippen LogP contribution is -2.22. The molecule has 1 aromatic rings. The van der Waals surface area contributed by atoms with E-state index in [1.165, 1.54) is 18.4 Å². The van der Waals surface area contributed by atoms with Crippen molar-refractivity contribution in [2.75, 3.05) is 0 Å². The first-order valence-corrected chi connectivity index (χ1v) is 6.11. The van der Waals surface area contributed by atoms with Crippen LogP contribution in [0, 0.1) is 0 Å². The zero-order valence-corrected chi connectivity index (χ0v) is 10.5. The SMILES string of the molecule is C=C(C)c1cc(Cl)cc(CCC2(N)CC2)c1. The van der Waals surface area contributed by atoms with Gasteiger partial charge < -0.3 is 5.73 Å². The molecule has 0 aliphatic heterocycles. The topological polar surface area (TPSA) is 26.0 Å². The Kier molecular flexibility index (Phi) is 3.09. The molecule has 2 N–H and O–H groups in total. The highest BCUT2D eigenvalue weighted by molar-refractivity contribution is 6.30. The molecule has 1 fully saturated rings. The van der Waals surface area contributed by atoms with Gasteiger partial charge in [0.1, 0.15) is 0 Å². The van der Waals surface area contributed by atoms with Gasteiger partial charge in [-0.3, -0.25) is 0 Å². The predicted molar refractivity (Wildman–Crippen MR) is 70.6 cm³/mol. The zero-order chi connectivity index (χ0) is 11.8. The summed E-state index contributed by atoms with van der Waals surface area (Å²) in [6.07, 6.45) is 4.40. The van der Waals surface area contributed by atoms with Gasteiger partial charge >= 0.3 is 0 Å². The highest BCUT2D eigenvalue weighted by atomic mass is 35.5. The van der Waals surface area contributed by atoms with E-state index in [0.29, 0.717) is 0 Å². The second kappa shape index (κ2) is 4.23. The number of aryl methyl sites for hydroxylation is 1. The Morgan fingerprint density at radius 3 is 2.69 bits per heavy atom. The summed E-state index contributed by atoms with van der Waals surface area (Å²) in [5, 5.41) is 0.789. The first-order valence-electron chi connectivity index (χ1n) is 5.73. The van der Waals surface area contributed by atoms with Crippen LogP contribution in [0.1, 0.15) is 37.3 Å². The van der Waals surface area contributed by atoms with Gasteiger partial charge in [-0.15, -0.1) is 0 Å². The van der Waals surface area contributed by atoms with Gasteiger partial charge in [-0.25, -0.2) is 0 Å². The molecule has 0 atom stereocenters.